The van der Waals surface area contributed by atoms with E-state index in [9.17, 15) is 4.79 Å². The first-order chi connectivity index (χ1) is 10.8. The Labute approximate surface area is 126 Å². The van der Waals surface area contributed by atoms with Crippen LogP contribution in [0.2, 0.25) is 0 Å². The summed E-state index contributed by atoms with van der Waals surface area (Å²) in [5, 5.41) is 2.57. The molecular weight excluding hydrogens is 282 g/mol. The van der Waals surface area contributed by atoms with E-state index in [1.54, 1.807) is 13.0 Å². The number of hydrogen-bond donors (Lipinski definition) is 0. The van der Waals surface area contributed by atoms with Gasteiger partial charge in [-0.15, -0.1) is 0 Å². The van der Waals surface area contributed by atoms with Gasteiger partial charge in [0, 0.05) is 10.8 Å². The first-order valence-electron chi connectivity index (χ1n) is 7.07. The summed E-state index contributed by atoms with van der Waals surface area (Å²) < 4.78 is 16.0. The molecule has 0 saturated carbocycles. The molecule has 3 aromatic rings. The number of pyridine rings is 1. The van der Waals surface area contributed by atoms with E-state index < -0.39 is 5.97 Å². The summed E-state index contributed by atoms with van der Waals surface area (Å²) in [6, 6.07) is 11.4. The number of nitrogens with zero attached hydrogens (tertiary/aromatic N) is 1. The van der Waals surface area contributed by atoms with Gasteiger partial charge in [0.2, 0.25) is 6.79 Å². The number of rotatable bonds is 2. The molecule has 2 heterocycles. The van der Waals surface area contributed by atoms with Gasteiger partial charge in [-0.1, -0.05) is 18.2 Å². The predicted molar refractivity (Wildman–Crippen MR) is 81.3 cm³/mol. The predicted octanol–water partition coefficient (Wildman–Crippen LogP) is 3.29. The zero-order chi connectivity index (χ0) is 15.1. The fraction of sp³-hybridized carbons (Fsp3) is 0.176. The van der Waals surface area contributed by atoms with Gasteiger partial charge in [-0.25, -0.2) is 9.78 Å². The lowest BCUT2D eigenvalue weighted by Crippen LogP contribution is -2.08. The van der Waals surface area contributed by atoms with Crippen molar-refractivity contribution in [1.82, 2.24) is 4.98 Å². The van der Waals surface area contributed by atoms with Crippen molar-refractivity contribution < 1.29 is 19.0 Å². The van der Waals surface area contributed by atoms with Gasteiger partial charge in [-0.2, -0.15) is 0 Å². The Morgan fingerprint density at radius 3 is 2.64 bits per heavy atom. The van der Waals surface area contributed by atoms with E-state index in [0.717, 1.165) is 16.3 Å². The smallest absolute Gasteiger partial charge is 0.357 e. The van der Waals surface area contributed by atoms with Crippen molar-refractivity contribution in [2.75, 3.05) is 13.4 Å². The van der Waals surface area contributed by atoms with Crippen LogP contribution in [0.15, 0.2) is 36.4 Å². The number of ether oxygens (including phenoxy) is 3. The minimum Gasteiger partial charge on any atom is -0.461 e. The van der Waals surface area contributed by atoms with Gasteiger partial charge in [0.1, 0.15) is 0 Å². The minimum absolute atomic E-state index is 0.186. The van der Waals surface area contributed by atoms with E-state index in [4.69, 9.17) is 14.2 Å². The van der Waals surface area contributed by atoms with Crippen molar-refractivity contribution >= 4 is 27.6 Å². The standard InChI is InChI=1S/C17H13NO4/c1-2-20-17(19)16-12-8-15-14(21-9-22-15)7-11(12)10-5-3-4-6-13(10)18-16/h3-8H,2,9H2,1H3. The number of fused-ring (bicyclic) bond motifs is 4. The van der Waals surface area contributed by atoms with E-state index >= 15 is 0 Å². The zero-order valence-corrected chi connectivity index (χ0v) is 12.0. The third-order valence-electron chi connectivity index (χ3n) is 3.66. The van der Waals surface area contributed by atoms with E-state index in [0.29, 0.717) is 29.2 Å². The molecule has 0 atom stereocenters. The molecule has 1 aromatic heterocycles. The van der Waals surface area contributed by atoms with Gasteiger partial charge >= 0.3 is 5.97 Å². The van der Waals surface area contributed by atoms with E-state index in [2.05, 4.69) is 4.98 Å². The summed E-state index contributed by atoms with van der Waals surface area (Å²) in [4.78, 5) is 16.7. The van der Waals surface area contributed by atoms with E-state index in [1.807, 2.05) is 30.3 Å². The van der Waals surface area contributed by atoms with Gasteiger partial charge in [-0.05, 0) is 30.5 Å². The summed E-state index contributed by atoms with van der Waals surface area (Å²) in [7, 11) is 0. The molecule has 5 heteroatoms. The van der Waals surface area contributed by atoms with Crippen LogP contribution in [0.4, 0.5) is 0 Å². The zero-order valence-electron chi connectivity index (χ0n) is 12.0. The second-order valence-corrected chi connectivity index (χ2v) is 4.95. The third kappa shape index (κ3) is 1.86. The molecule has 0 fully saturated rings. The lowest BCUT2D eigenvalue weighted by Gasteiger charge is -2.10. The highest BCUT2D eigenvalue weighted by Crippen LogP contribution is 2.39. The van der Waals surface area contributed by atoms with Gasteiger partial charge in [0.05, 0.1) is 12.1 Å². The fourth-order valence-electron chi connectivity index (χ4n) is 2.70. The molecule has 0 aliphatic carbocycles. The molecule has 0 radical (unpaired) electrons. The lowest BCUT2D eigenvalue weighted by molar-refractivity contribution is 0.0522. The Morgan fingerprint density at radius 1 is 1.14 bits per heavy atom. The minimum atomic E-state index is -0.433. The van der Waals surface area contributed by atoms with Crippen molar-refractivity contribution in [3.63, 3.8) is 0 Å². The van der Waals surface area contributed by atoms with Crippen LogP contribution in [0.3, 0.4) is 0 Å². The van der Waals surface area contributed by atoms with E-state index in [-0.39, 0.29) is 6.79 Å². The molecule has 0 saturated heterocycles. The molecule has 0 unspecified atom stereocenters. The van der Waals surface area contributed by atoms with Crippen molar-refractivity contribution in [1.29, 1.82) is 0 Å². The average Bonchev–Trinajstić information content (AvgIpc) is 3.00. The number of esters is 1. The molecular formula is C17H13NO4. The second-order valence-electron chi connectivity index (χ2n) is 4.95. The van der Waals surface area contributed by atoms with Gasteiger partial charge in [-0.3, -0.25) is 0 Å². The maximum atomic E-state index is 12.2. The molecule has 110 valence electrons. The Morgan fingerprint density at radius 2 is 1.86 bits per heavy atom. The molecule has 5 nitrogen and oxygen atoms in total. The maximum absolute atomic E-state index is 12.2. The summed E-state index contributed by atoms with van der Waals surface area (Å²) in [5.74, 6) is 0.867. The first-order valence-corrected chi connectivity index (χ1v) is 7.07. The lowest BCUT2D eigenvalue weighted by atomic mass is 10.0. The van der Waals surface area contributed by atoms with Crippen LogP contribution in [0.1, 0.15) is 17.4 Å². The highest BCUT2D eigenvalue weighted by Gasteiger charge is 2.21. The van der Waals surface area contributed by atoms with Crippen LogP contribution in [0.5, 0.6) is 11.5 Å². The molecule has 0 spiro atoms. The van der Waals surface area contributed by atoms with Gasteiger partial charge in [0.15, 0.2) is 17.2 Å². The Hall–Kier alpha value is -2.82. The number of benzene rings is 2. The van der Waals surface area contributed by atoms with Crippen LogP contribution in [-0.4, -0.2) is 24.4 Å². The summed E-state index contributed by atoms with van der Waals surface area (Å²) in [5.41, 5.74) is 1.05. The van der Waals surface area contributed by atoms with Crippen LogP contribution < -0.4 is 9.47 Å². The molecule has 22 heavy (non-hydrogen) atoms. The van der Waals surface area contributed by atoms with Crippen LogP contribution in [-0.2, 0) is 4.74 Å². The van der Waals surface area contributed by atoms with Crippen LogP contribution in [0.25, 0.3) is 21.7 Å². The summed E-state index contributed by atoms with van der Waals surface area (Å²) in [6.07, 6.45) is 0. The number of hydrogen-bond acceptors (Lipinski definition) is 5. The molecule has 0 N–H and O–H groups in total. The normalized spacial score (nSPS) is 12.8. The van der Waals surface area contributed by atoms with Crippen molar-refractivity contribution in [3.05, 3.63) is 42.1 Å². The van der Waals surface area contributed by atoms with Crippen LogP contribution in [0, 0.1) is 0 Å². The molecule has 1 aliphatic rings. The van der Waals surface area contributed by atoms with Crippen LogP contribution >= 0.6 is 0 Å². The molecule has 0 amide bonds. The second kappa shape index (κ2) is 4.87. The Kier molecular flexibility index (Phi) is 2.85. The fourth-order valence-corrected chi connectivity index (χ4v) is 2.70. The third-order valence-corrected chi connectivity index (χ3v) is 3.66. The van der Waals surface area contributed by atoms with Gasteiger partial charge in [0.25, 0.3) is 0 Å². The topological polar surface area (TPSA) is 57.7 Å². The summed E-state index contributed by atoms with van der Waals surface area (Å²) in [6.45, 7) is 2.26. The van der Waals surface area contributed by atoms with Crippen molar-refractivity contribution in [2.24, 2.45) is 0 Å². The average molecular weight is 295 g/mol. The van der Waals surface area contributed by atoms with E-state index in [1.165, 1.54) is 0 Å². The SMILES string of the molecule is CCOC(=O)c1nc2ccccc2c2cc3c(cc12)OCO3. The Balaban J connectivity index is 2.10. The maximum Gasteiger partial charge on any atom is 0.357 e. The highest BCUT2D eigenvalue weighted by atomic mass is 16.7. The number of carbonyl (C=O) groups excluding carboxylic acids is 1. The Bertz CT molecular complexity index is 904. The molecule has 1 aliphatic heterocycles. The number of para-hydroxylation sites is 1. The molecule has 0 bridgehead atoms. The molecule has 4 rings (SSSR count). The number of carbonyl (C=O) groups is 1. The summed E-state index contributed by atoms with van der Waals surface area (Å²) >= 11 is 0. The monoisotopic (exact) mass is 295 g/mol. The number of aromatic nitrogens is 1. The highest BCUT2D eigenvalue weighted by molar-refractivity contribution is 6.14. The van der Waals surface area contributed by atoms with Crippen molar-refractivity contribution in [2.45, 2.75) is 6.92 Å². The molecule has 2 aromatic carbocycles. The van der Waals surface area contributed by atoms with Crippen molar-refractivity contribution in [3.8, 4) is 11.5 Å². The largest absolute Gasteiger partial charge is 0.461 e. The quantitative estimate of drug-likeness (QED) is 0.536. The van der Waals surface area contributed by atoms with Gasteiger partial charge < -0.3 is 14.2 Å². The first kappa shape index (κ1) is 12.9.